The second-order valence-electron chi connectivity index (χ2n) is 4.14. The average molecular weight is 309 g/mol. The van der Waals surface area contributed by atoms with E-state index < -0.39 is 12.2 Å². The third kappa shape index (κ3) is 5.45. The predicted octanol–water partition coefficient (Wildman–Crippen LogP) is 1.95. The highest BCUT2D eigenvalue weighted by Crippen LogP contribution is 2.31. The molecule has 2 atom stereocenters. The molecule has 6 heteroatoms. The minimum atomic E-state index is -0.734. The van der Waals surface area contributed by atoms with E-state index in [4.69, 9.17) is 32.7 Å². The van der Waals surface area contributed by atoms with Crippen LogP contribution in [0.15, 0.2) is 18.2 Å². The second-order valence-corrected chi connectivity index (χ2v) is 4.76. The molecule has 108 valence electrons. The van der Waals surface area contributed by atoms with Crippen molar-refractivity contribution in [3.8, 4) is 11.5 Å². The van der Waals surface area contributed by atoms with Crippen molar-refractivity contribution in [3.05, 3.63) is 23.8 Å². The van der Waals surface area contributed by atoms with E-state index in [0.29, 0.717) is 11.5 Å². The average Bonchev–Trinajstić information content (AvgIpc) is 2.43. The summed E-state index contributed by atoms with van der Waals surface area (Å²) in [5, 5.41) is 18.8. The number of halogens is 2. The Balaban J connectivity index is 2.71. The topological polar surface area (TPSA) is 58.9 Å². The molecule has 0 fully saturated rings. The van der Waals surface area contributed by atoms with Gasteiger partial charge in [-0.05, 0) is 18.6 Å². The Morgan fingerprint density at radius 3 is 2.21 bits per heavy atom. The number of benzene rings is 1. The third-order valence-electron chi connectivity index (χ3n) is 2.38. The Labute approximate surface area is 122 Å². The van der Waals surface area contributed by atoms with Crippen LogP contribution in [0.25, 0.3) is 0 Å². The number of hydrogen-bond acceptors (Lipinski definition) is 4. The monoisotopic (exact) mass is 308 g/mol. The second kappa shape index (κ2) is 8.48. The molecule has 0 unspecified atom stereocenters. The maximum atomic E-state index is 9.40. The lowest BCUT2D eigenvalue weighted by Crippen LogP contribution is -2.21. The van der Waals surface area contributed by atoms with Crippen LogP contribution in [0, 0.1) is 6.92 Å². The minimum Gasteiger partial charge on any atom is -0.487 e. The smallest absolute Gasteiger partial charge is 0.164 e. The molecule has 0 aliphatic rings. The lowest BCUT2D eigenvalue weighted by Gasteiger charge is -2.17. The maximum Gasteiger partial charge on any atom is 0.164 e. The van der Waals surface area contributed by atoms with Gasteiger partial charge >= 0.3 is 0 Å². The Kier molecular flexibility index (Phi) is 7.31. The summed E-state index contributed by atoms with van der Waals surface area (Å²) in [5.74, 6) is 1.25. The highest BCUT2D eigenvalue weighted by Gasteiger charge is 2.12. The number of hydrogen-bond donors (Lipinski definition) is 2. The molecule has 2 N–H and O–H groups in total. The van der Waals surface area contributed by atoms with Crippen molar-refractivity contribution in [2.24, 2.45) is 0 Å². The van der Waals surface area contributed by atoms with Gasteiger partial charge < -0.3 is 19.7 Å². The molecule has 1 rings (SSSR count). The summed E-state index contributed by atoms with van der Waals surface area (Å²) in [6.45, 7) is 2.04. The summed E-state index contributed by atoms with van der Waals surface area (Å²) >= 11 is 11.0. The summed E-state index contributed by atoms with van der Waals surface area (Å²) in [5.41, 5.74) is 0.875. The number of alkyl halides is 2. The van der Waals surface area contributed by atoms with Gasteiger partial charge in [-0.3, -0.25) is 0 Å². The van der Waals surface area contributed by atoms with Crippen molar-refractivity contribution in [1.29, 1.82) is 0 Å². The fourth-order valence-electron chi connectivity index (χ4n) is 1.38. The van der Waals surface area contributed by atoms with Gasteiger partial charge in [0.05, 0.1) is 11.8 Å². The van der Waals surface area contributed by atoms with Gasteiger partial charge in [0, 0.05) is 0 Å². The molecule has 4 nitrogen and oxygen atoms in total. The molecular formula is C13H18Cl2O4. The number of ether oxygens (including phenoxy) is 2. The molecule has 0 heterocycles. The van der Waals surface area contributed by atoms with Crippen LogP contribution >= 0.6 is 23.2 Å². The van der Waals surface area contributed by atoms with Gasteiger partial charge in [-0.25, -0.2) is 0 Å². The first kappa shape index (κ1) is 16.4. The Bertz CT molecular complexity index is 387. The molecule has 0 aliphatic heterocycles. The molecular weight excluding hydrogens is 291 g/mol. The van der Waals surface area contributed by atoms with E-state index in [9.17, 15) is 10.2 Å². The van der Waals surface area contributed by atoms with E-state index in [0.717, 1.165) is 5.56 Å². The minimum absolute atomic E-state index is 0.0847. The Morgan fingerprint density at radius 1 is 1.05 bits per heavy atom. The van der Waals surface area contributed by atoms with Crippen LogP contribution in [0.5, 0.6) is 11.5 Å². The fourth-order valence-corrected chi connectivity index (χ4v) is 1.56. The van der Waals surface area contributed by atoms with E-state index in [-0.39, 0.29) is 25.0 Å². The molecule has 0 bridgehead atoms. The van der Waals surface area contributed by atoms with Crippen LogP contribution in [0.3, 0.4) is 0 Å². The Hall–Kier alpha value is -0.680. The summed E-state index contributed by atoms with van der Waals surface area (Å²) in [6.07, 6.45) is -1.47. The van der Waals surface area contributed by atoms with Gasteiger partial charge in [0.1, 0.15) is 25.4 Å². The van der Waals surface area contributed by atoms with E-state index in [1.165, 1.54) is 0 Å². The molecule has 0 saturated carbocycles. The maximum absolute atomic E-state index is 9.40. The predicted molar refractivity (Wildman–Crippen MR) is 75.6 cm³/mol. The zero-order valence-electron chi connectivity index (χ0n) is 10.7. The van der Waals surface area contributed by atoms with Crippen molar-refractivity contribution in [3.63, 3.8) is 0 Å². The third-order valence-corrected chi connectivity index (χ3v) is 3.10. The summed E-state index contributed by atoms with van der Waals surface area (Å²) in [6, 6.07) is 5.42. The van der Waals surface area contributed by atoms with Gasteiger partial charge in [0.15, 0.2) is 11.5 Å². The fraction of sp³-hybridized carbons (Fsp3) is 0.538. The standard InChI is InChI=1S/C13H18Cl2O4/c1-9-3-2-4-12(18-7-10(16)5-14)13(9)19-8-11(17)6-15/h2-4,10-11,16-17H,5-8H2,1H3/t10-,11+/m1/s1. The van der Waals surface area contributed by atoms with Crippen molar-refractivity contribution in [2.45, 2.75) is 19.1 Å². The van der Waals surface area contributed by atoms with E-state index in [1.54, 1.807) is 6.07 Å². The van der Waals surface area contributed by atoms with Crippen molar-refractivity contribution in [1.82, 2.24) is 0 Å². The van der Waals surface area contributed by atoms with Gasteiger partial charge in [-0.1, -0.05) is 12.1 Å². The Morgan fingerprint density at radius 2 is 1.63 bits per heavy atom. The van der Waals surface area contributed by atoms with Gasteiger partial charge in [0.2, 0.25) is 0 Å². The van der Waals surface area contributed by atoms with E-state index in [2.05, 4.69) is 0 Å². The lowest BCUT2D eigenvalue weighted by atomic mass is 10.2. The SMILES string of the molecule is Cc1cccc(OC[C@H](O)CCl)c1OC[C@@H](O)CCl. The van der Waals surface area contributed by atoms with Crippen LogP contribution < -0.4 is 9.47 Å². The number of aliphatic hydroxyl groups is 2. The molecule has 0 aromatic heterocycles. The van der Waals surface area contributed by atoms with Crippen molar-refractivity contribution >= 4 is 23.2 Å². The highest BCUT2D eigenvalue weighted by atomic mass is 35.5. The number of aliphatic hydroxyl groups excluding tert-OH is 2. The number of para-hydroxylation sites is 1. The largest absolute Gasteiger partial charge is 0.487 e. The van der Waals surface area contributed by atoms with Crippen LogP contribution in [-0.4, -0.2) is 47.4 Å². The summed E-state index contributed by atoms with van der Waals surface area (Å²) in [4.78, 5) is 0. The molecule has 19 heavy (non-hydrogen) atoms. The summed E-state index contributed by atoms with van der Waals surface area (Å²) < 4.78 is 11.0. The first-order valence-electron chi connectivity index (χ1n) is 5.91. The first-order chi connectivity index (χ1) is 9.08. The molecule has 0 amide bonds. The van der Waals surface area contributed by atoms with Crippen LogP contribution in [0.4, 0.5) is 0 Å². The molecule has 0 aliphatic carbocycles. The normalized spacial score (nSPS) is 13.9. The molecule has 1 aromatic carbocycles. The molecule has 1 aromatic rings. The van der Waals surface area contributed by atoms with E-state index in [1.807, 2.05) is 19.1 Å². The molecule has 0 spiro atoms. The summed E-state index contributed by atoms with van der Waals surface area (Å²) in [7, 11) is 0. The lowest BCUT2D eigenvalue weighted by molar-refractivity contribution is 0.109. The van der Waals surface area contributed by atoms with Gasteiger partial charge in [-0.15, -0.1) is 23.2 Å². The van der Waals surface area contributed by atoms with Crippen LogP contribution in [-0.2, 0) is 0 Å². The molecule has 0 saturated heterocycles. The van der Waals surface area contributed by atoms with Gasteiger partial charge in [0.25, 0.3) is 0 Å². The van der Waals surface area contributed by atoms with Crippen LogP contribution in [0.2, 0.25) is 0 Å². The van der Waals surface area contributed by atoms with Crippen LogP contribution in [0.1, 0.15) is 5.56 Å². The van der Waals surface area contributed by atoms with Crippen molar-refractivity contribution in [2.75, 3.05) is 25.0 Å². The zero-order chi connectivity index (χ0) is 14.3. The quantitative estimate of drug-likeness (QED) is 0.721. The van der Waals surface area contributed by atoms with E-state index >= 15 is 0 Å². The highest BCUT2D eigenvalue weighted by molar-refractivity contribution is 6.18. The van der Waals surface area contributed by atoms with Gasteiger partial charge in [-0.2, -0.15) is 0 Å². The number of aryl methyl sites for hydroxylation is 1. The van der Waals surface area contributed by atoms with Crippen molar-refractivity contribution < 1.29 is 19.7 Å². The zero-order valence-corrected chi connectivity index (χ0v) is 12.2. The first-order valence-corrected chi connectivity index (χ1v) is 6.98. The molecule has 0 radical (unpaired) electrons. The number of rotatable bonds is 8.